The van der Waals surface area contributed by atoms with Crippen molar-refractivity contribution in [2.75, 3.05) is 0 Å². The zero-order chi connectivity index (χ0) is 17.2. The maximum atomic E-state index is 12.8. The fourth-order valence-corrected chi connectivity index (χ4v) is 3.77. The second-order valence-electron chi connectivity index (χ2n) is 7.86. The molecule has 120 valence electrons. The van der Waals surface area contributed by atoms with Gasteiger partial charge in [-0.2, -0.15) is 0 Å². The van der Waals surface area contributed by atoms with Crippen LogP contribution in [0.4, 0.5) is 0 Å². The van der Waals surface area contributed by atoms with Gasteiger partial charge in [0, 0.05) is 23.0 Å². The molecule has 0 radical (unpaired) electrons. The van der Waals surface area contributed by atoms with Gasteiger partial charge in [-0.05, 0) is 34.6 Å². The summed E-state index contributed by atoms with van der Waals surface area (Å²) in [6, 6.07) is 0. The highest BCUT2D eigenvalue weighted by molar-refractivity contribution is 6.51. The van der Waals surface area contributed by atoms with Gasteiger partial charge in [-0.1, -0.05) is 46.8 Å². The molecule has 0 saturated heterocycles. The second-order valence-corrected chi connectivity index (χ2v) is 7.86. The van der Waals surface area contributed by atoms with Crippen molar-refractivity contribution in [2.45, 2.75) is 41.0 Å². The fraction of sp³-hybridized carbons (Fsp3) is 0.450. The van der Waals surface area contributed by atoms with Crippen LogP contribution in [0.2, 0.25) is 0 Å². The summed E-state index contributed by atoms with van der Waals surface area (Å²) in [5.74, 6) is -0.893. The Bertz CT molecular complexity index is 769. The maximum absolute atomic E-state index is 12.8. The van der Waals surface area contributed by atoms with E-state index in [1.54, 1.807) is 6.08 Å². The van der Waals surface area contributed by atoms with Gasteiger partial charge >= 0.3 is 0 Å². The van der Waals surface area contributed by atoms with Crippen molar-refractivity contribution in [3.63, 3.8) is 0 Å². The number of hydrogen-bond donors (Lipinski definition) is 0. The summed E-state index contributed by atoms with van der Waals surface area (Å²) in [4.78, 5) is 37.4. The monoisotopic (exact) mass is 310 g/mol. The Hall–Kier alpha value is -2.03. The Labute approximate surface area is 136 Å². The predicted molar refractivity (Wildman–Crippen MR) is 88.7 cm³/mol. The third-order valence-corrected chi connectivity index (χ3v) is 5.67. The lowest BCUT2D eigenvalue weighted by Crippen LogP contribution is -2.44. The molecule has 0 bridgehead atoms. The van der Waals surface area contributed by atoms with E-state index in [1.165, 1.54) is 0 Å². The number of allylic oxidation sites excluding steroid dienone is 8. The van der Waals surface area contributed by atoms with E-state index in [0.29, 0.717) is 23.1 Å². The molecule has 3 rings (SSSR count). The van der Waals surface area contributed by atoms with Gasteiger partial charge in [-0.25, -0.2) is 0 Å². The number of hydrogen-bond acceptors (Lipinski definition) is 3. The zero-order valence-corrected chi connectivity index (χ0v) is 14.3. The molecule has 0 aromatic heterocycles. The summed E-state index contributed by atoms with van der Waals surface area (Å²) >= 11 is 0. The van der Waals surface area contributed by atoms with Gasteiger partial charge in [0.15, 0.2) is 5.78 Å². The molecule has 0 spiro atoms. The molecular formula is C20H22O3. The molecule has 3 aliphatic carbocycles. The topological polar surface area (TPSA) is 51.2 Å². The van der Waals surface area contributed by atoms with Crippen molar-refractivity contribution in [3.8, 4) is 0 Å². The van der Waals surface area contributed by atoms with Crippen LogP contribution in [0.3, 0.4) is 0 Å². The highest BCUT2D eigenvalue weighted by atomic mass is 16.2. The van der Waals surface area contributed by atoms with Gasteiger partial charge in [0.25, 0.3) is 0 Å². The fourth-order valence-electron chi connectivity index (χ4n) is 3.77. The Morgan fingerprint density at radius 3 is 2.26 bits per heavy atom. The summed E-state index contributed by atoms with van der Waals surface area (Å²) in [5.41, 5.74) is 1.71. The molecule has 0 heterocycles. The van der Waals surface area contributed by atoms with Crippen molar-refractivity contribution in [3.05, 3.63) is 46.6 Å². The van der Waals surface area contributed by atoms with Crippen LogP contribution in [-0.4, -0.2) is 17.3 Å². The Morgan fingerprint density at radius 2 is 1.65 bits per heavy atom. The molecule has 1 atom stereocenters. The van der Waals surface area contributed by atoms with Crippen LogP contribution >= 0.6 is 0 Å². The van der Waals surface area contributed by atoms with E-state index in [0.717, 1.165) is 5.57 Å². The van der Waals surface area contributed by atoms with Crippen LogP contribution in [0.5, 0.6) is 0 Å². The molecule has 0 saturated carbocycles. The molecule has 0 amide bonds. The first-order valence-electron chi connectivity index (χ1n) is 8.08. The molecule has 0 unspecified atom stereocenters. The highest BCUT2D eigenvalue weighted by Crippen LogP contribution is 2.56. The average Bonchev–Trinajstić information content (AvgIpc) is 2.43. The van der Waals surface area contributed by atoms with Gasteiger partial charge in [0.05, 0.1) is 0 Å². The number of ketones is 3. The molecule has 3 nitrogen and oxygen atoms in total. The van der Waals surface area contributed by atoms with Crippen LogP contribution in [-0.2, 0) is 14.4 Å². The summed E-state index contributed by atoms with van der Waals surface area (Å²) in [6.07, 6.45) is 7.85. The van der Waals surface area contributed by atoms with Crippen LogP contribution in [0.1, 0.15) is 41.0 Å². The SMILES string of the molecule is CC(C)C1=CC2=C(C(=O)C1=O)C1=CC(=O)CC(C)(C)[C@@]1(C)C=C2. The molecular weight excluding hydrogens is 288 g/mol. The third kappa shape index (κ3) is 2.06. The minimum Gasteiger partial charge on any atom is -0.295 e. The average molecular weight is 310 g/mol. The van der Waals surface area contributed by atoms with Crippen molar-refractivity contribution >= 4 is 17.3 Å². The first-order chi connectivity index (χ1) is 10.6. The van der Waals surface area contributed by atoms with E-state index < -0.39 is 17.0 Å². The third-order valence-electron chi connectivity index (χ3n) is 5.67. The number of Topliss-reactive ketones (excluding diaryl/α,β-unsaturated/α-hetero) is 2. The van der Waals surface area contributed by atoms with Crippen LogP contribution < -0.4 is 0 Å². The van der Waals surface area contributed by atoms with Crippen LogP contribution in [0, 0.1) is 16.7 Å². The van der Waals surface area contributed by atoms with Gasteiger partial charge in [0.2, 0.25) is 11.6 Å². The number of fused-ring (bicyclic) bond motifs is 2. The molecule has 3 aliphatic rings. The summed E-state index contributed by atoms with van der Waals surface area (Å²) in [7, 11) is 0. The highest BCUT2D eigenvalue weighted by Gasteiger charge is 2.50. The van der Waals surface area contributed by atoms with Gasteiger partial charge in [0.1, 0.15) is 0 Å². The molecule has 0 fully saturated rings. The first kappa shape index (κ1) is 15.9. The van der Waals surface area contributed by atoms with Crippen molar-refractivity contribution in [1.29, 1.82) is 0 Å². The van der Waals surface area contributed by atoms with Crippen LogP contribution in [0.25, 0.3) is 0 Å². The summed E-state index contributed by atoms with van der Waals surface area (Å²) < 4.78 is 0. The Morgan fingerprint density at radius 1 is 1.00 bits per heavy atom. The largest absolute Gasteiger partial charge is 0.295 e. The lowest BCUT2D eigenvalue weighted by Gasteiger charge is -2.49. The molecule has 0 aromatic rings. The quantitative estimate of drug-likeness (QED) is 0.550. The second kappa shape index (κ2) is 4.73. The lowest BCUT2D eigenvalue weighted by molar-refractivity contribution is -0.132. The molecule has 0 aromatic carbocycles. The van der Waals surface area contributed by atoms with E-state index in [1.807, 2.05) is 46.8 Å². The predicted octanol–water partition coefficient (Wildman–Crippen LogP) is 3.52. The zero-order valence-electron chi connectivity index (χ0n) is 14.3. The summed E-state index contributed by atoms with van der Waals surface area (Å²) in [6.45, 7) is 9.94. The molecule has 0 N–H and O–H groups in total. The minimum absolute atomic E-state index is 0.000573. The van der Waals surface area contributed by atoms with E-state index in [9.17, 15) is 14.4 Å². The van der Waals surface area contributed by atoms with E-state index in [2.05, 4.69) is 6.08 Å². The standard InChI is InChI=1S/C20H22O3/c1-11(2)14-8-12-6-7-20(5)15(16(12)18(23)17(14)22)9-13(21)10-19(20,3)4/h6-9,11H,10H2,1-5H3/t20-/m0/s1. The Kier molecular flexibility index (Phi) is 3.26. The maximum Gasteiger partial charge on any atom is 0.234 e. The molecule has 23 heavy (non-hydrogen) atoms. The van der Waals surface area contributed by atoms with Gasteiger partial charge in [-0.15, -0.1) is 0 Å². The van der Waals surface area contributed by atoms with E-state index in [-0.39, 0.29) is 17.1 Å². The van der Waals surface area contributed by atoms with Gasteiger partial charge in [-0.3, -0.25) is 14.4 Å². The molecule has 0 aliphatic heterocycles. The first-order valence-corrected chi connectivity index (χ1v) is 8.08. The number of carbonyl (C=O) groups excluding carboxylic acids is 3. The molecule has 3 heteroatoms. The Balaban J connectivity index is 2.26. The summed E-state index contributed by atoms with van der Waals surface area (Å²) in [5, 5.41) is 0. The lowest BCUT2D eigenvalue weighted by atomic mass is 9.53. The van der Waals surface area contributed by atoms with Crippen molar-refractivity contribution in [1.82, 2.24) is 0 Å². The van der Waals surface area contributed by atoms with Crippen molar-refractivity contribution < 1.29 is 14.4 Å². The normalized spacial score (nSPS) is 29.4. The van der Waals surface area contributed by atoms with Gasteiger partial charge < -0.3 is 0 Å². The van der Waals surface area contributed by atoms with E-state index >= 15 is 0 Å². The van der Waals surface area contributed by atoms with Crippen LogP contribution in [0.15, 0.2) is 46.6 Å². The van der Waals surface area contributed by atoms with E-state index in [4.69, 9.17) is 0 Å². The minimum atomic E-state index is -0.474. The number of rotatable bonds is 1. The number of carbonyl (C=O) groups is 3. The smallest absolute Gasteiger partial charge is 0.234 e. The van der Waals surface area contributed by atoms with Crippen molar-refractivity contribution in [2.24, 2.45) is 16.7 Å².